The summed E-state index contributed by atoms with van der Waals surface area (Å²) in [6, 6.07) is 6.00. The number of aryl methyl sites for hydroxylation is 1. The molecule has 0 radical (unpaired) electrons. The lowest BCUT2D eigenvalue weighted by atomic mass is 10.2. The fourth-order valence-corrected chi connectivity index (χ4v) is 2.95. The van der Waals surface area contributed by atoms with Crippen molar-refractivity contribution in [3.63, 3.8) is 0 Å². The third-order valence-electron chi connectivity index (χ3n) is 4.72. The van der Waals surface area contributed by atoms with Crippen LogP contribution in [0.2, 0.25) is 0 Å². The number of benzene rings is 1. The Kier molecular flexibility index (Phi) is 9.63. The molecule has 0 atom stereocenters. The van der Waals surface area contributed by atoms with Crippen molar-refractivity contribution in [2.24, 2.45) is 12.0 Å². The summed E-state index contributed by atoms with van der Waals surface area (Å²) in [6.45, 7) is 7.59. The molecule has 0 aliphatic carbocycles. The van der Waals surface area contributed by atoms with Crippen LogP contribution in [0, 0.1) is 6.92 Å². The molecule has 0 bridgehead atoms. The van der Waals surface area contributed by atoms with Crippen LogP contribution in [0.3, 0.4) is 0 Å². The molecule has 9 nitrogen and oxygen atoms in total. The number of halogens is 1. The van der Waals surface area contributed by atoms with Crippen LogP contribution < -0.4 is 14.8 Å². The molecule has 1 aromatic carbocycles. The van der Waals surface area contributed by atoms with E-state index in [-0.39, 0.29) is 30.8 Å². The van der Waals surface area contributed by atoms with E-state index in [9.17, 15) is 0 Å². The smallest absolute Gasteiger partial charge is 0.231 e. The molecular formula is C20H31IN6O3. The second-order valence-corrected chi connectivity index (χ2v) is 6.88. The first kappa shape index (κ1) is 24.2. The fraction of sp³-hybridized carbons (Fsp3) is 0.550. The third kappa shape index (κ3) is 6.46. The molecule has 0 saturated heterocycles. The minimum atomic E-state index is 0. The van der Waals surface area contributed by atoms with Gasteiger partial charge in [-0.2, -0.15) is 0 Å². The minimum Gasteiger partial charge on any atom is -0.454 e. The molecule has 10 heteroatoms. The first-order valence-electron chi connectivity index (χ1n) is 9.89. The first-order chi connectivity index (χ1) is 14.1. The van der Waals surface area contributed by atoms with Crippen molar-refractivity contribution in [1.82, 2.24) is 25.0 Å². The Morgan fingerprint density at radius 2 is 2.10 bits per heavy atom. The van der Waals surface area contributed by atoms with Crippen LogP contribution >= 0.6 is 24.0 Å². The van der Waals surface area contributed by atoms with E-state index in [4.69, 9.17) is 19.2 Å². The average molecular weight is 530 g/mol. The Labute approximate surface area is 194 Å². The van der Waals surface area contributed by atoms with Gasteiger partial charge in [-0.3, -0.25) is 0 Å². The molecule has 0 amide bonds. The molecule has 1 N–H and O–H groups in total. The van der Waals surface area contributed by atoms with Crippen molar-refractivity contribution >= 4 is 29.9 Å². The highest BCUT2D eigenvalue weighted by Crippen LogP contribution is 2.32. The van der Waals surface area contributed by atoms with Crippen LogP contribution in [0.15, 0.2) is 23.2 Å². The second kappa shape index (κ2) is 11.9. The summed E-state index contributed by atoms with van der Waals surface area (Å²) >= 11 is 0. The summed E-state index contributed by atoms with van der Waals surface area (Å²) in [5, 5.41) is 11.7. The zero-order valence-electron chi connectivity index (χ0n) is 18.1. The summed E-state index contributed by atoms with van der Waals surface area (Å²) in [6.07, 6.45) is 0.911. The zero-order chi connectivity index (χ0) is 20.6. The molecule has 3 rings (SSSR count). The Bertz CT molecular complexity index is 842. The summed E-state index contributed by atoms with van der Waals surface area (Å²) in [7, 11) is 3.96. The van der Waals surface area contributed by atoms with Gasteiger partial charge in [-0.25, -0.2) is 4.99 Å². The molecule has 1 aliphatic rings. The number of ether oxygens (including phenoxy) is 3. The zero-order valence-corrected chi connectivity index (χ0v) is 20.4. The van der Waals surface area contributed by atoms with Gasteiger partial charge in [0.05, 0.1) is 0 Å². The quantitative estimate of drug-likeness (QED) is 0.231. The van der Waals surface area contributed by atoms with E-state index >= 15 is 0 Å². The molecule has 0 saturated carbocycles. The maximum absolute atomic E-state index is 5.49. The third-order valence-corrected chi connectivity index (χ3v) is 4.72. The van der Waals surface area contributed by atoms with Gasteiger partial charge in [0.25, 0.3) is 0 Å². The Balaban J connectivity index is 0.00000320. The predicted molar refractivity (Wildman–Crippen MR) is 125 cm³/mol. The van der Waals surface area contributed by atoms with Gasteiger partial charge in [0.2, 0.25) is 6.79 Å². The van der Waals surface area contributed by atoms with E-state index in [0.29, 0.717) is 13.1 Å². The van der Waals surface area contributed by atoms with Crippen LogP contribution in [0.5, 0.6) is 11.5 Å². The molecule has 0 spiro atoms. The molecule has 0 fully saturated rings. The van der Waals surface area contributed by atoms with Crippen molar-refractivity contribution in [1.29, 1.82) is 0 Å². The summed E-state index contributed by atoms with van der Waals surface area (Å²) in [5.74, 6) is 4.08. The van der Waals surface area contributed by atoms with Gasteiger partial charge in [0.15, 0.2) is 23.3 Å². The number of hydrogen-bond acceptors (Lipinski definition) is 6. The largest absolute Gasteiger partial charge is 0.454 e. The summed E-state index contributed by atoms with van der Waals surface area (Å²) in [4.78, 5) is 6.85. The van der Waals surface area contributed by atoms with Crippen molar-refractivity contribution in [3.05, 3.63) is 35.4 Å². The normalized spacial score (nSPS) is 12.6. The Morgan fingerprint density at radius 1 is 1.30 bits per heavy atom. The average Bonchev–Trinajstić information content (AvgIpc) is 3.30. The maximum Gasteiger partial charge on any atom is 0.231 e. The molecule has 30 heavy (non-hydrogen) atoms. The maximum atomic E-state index is 5.49. The highest BCUT2D eigenvalue weighted by atomic mass is 127. The first-order valence-corrected chi connectivity index (χ1v) is 9.89. The van der Waals surface area contributed by atoms with E-state index in [2.05, 4.69) is 20.4 Å². The van der Waals surface area contributed by atoms with Crippen LogP contribution in [-0.2, 0) is 24.9 Å². The van der Waals surface area contributed by atoms with Gasteiger partial charge in [0.1, 0.15) is 12.4 Å². The van der Waals surface area contributed by atoms with Crippen LogP contribution in [0.4, 0.5) is 0 Å². The lowest BCUT2D eigenvalue weighted by Gasteiger charge is -2.23. The van der Waals surface area contributed by atoms with Gasteiger partial charge >= 0.3 is 0 Å². The van der Waals surface area contributed by atoms with Gasteiger partial charge in [-0.15, -0.1) is 34.2 Å². The Morgan fingerprint density at radius 3 is 2.83 bits per heavy atom. The number of nitrogens with zero attached hydrogens (tertiary/aromatic N) is 5. The van der Waals surface area contributed by atoms with Crippen LogP contribution in [0.25, 0.3) is 0 Å². The monoisotopic (exact) mass is 530 g/mol. The van der Waals surface area contributed by atoms with Crippen LogP contribution in [-0.4, -0.2) is 59.2 Å². The van der Waals surface area contributed by atoms with E-state index in [0.717, 1.165) is 60.9 Å². The Hall–Kier alpha value is -2.08. The predicted octanol–water partition coefficient (Wildman–Crippen LogP) is 2.47. The second-order valence-electron chi connectivity index (χ2n) is 6.88. The molecular weight excluding hydrogens is 499 g/mol. The number of guanidine groups is 1. The van der Waals surface area contributed by atoms with Gasteiger partial charge in [-0.05, 0) is 38.0 Å². The van der Waals surface area contributed by atoms with Crippen LogP contribution in [0.1, 0.15) is 30.6 Å². The topological polar surface area (TPSA) is 86.0 Å². The van der Waals surface area contributed by atoms with Crippen molar-refractivity contribution < 1.29 is 14.2 Å². The molecule has 1 aromatic heterocycles. The number of rotatable bonds is 9. The summed E-state index contributed by atoms with van der Waals surface area (Å²) in [5.41, 5.74) is 1.12. The lowest BCUT2D eigenvalue weighted by Crippen LogP contribution is -2.39. The van der Waals surface area contributed by atoms with E-state index < -0.39 is 0 Å². The molecule has 2 aromatic rings. The number of nitrogens with one attached hydrogen (secondary N) is 1. The number of aromatic nitrogens is 3. The van der Waals surface area contributed by atoms with Crippen molar-refractivity contribution in [3.8, 4) is 11.5 Å². The number of hydrogen-bond donors (Lipinski definition) is 1. The molecule has 2 heterocycles. The fourth-order valence-electron chi connectivity index (χ4n) is 2.95. The number of aliphatic imine (C=N–C) groups is 1. The van der Waals surface area contributed by atoms with E-state index in [1.807, 2.05) is 50.7 Å². The van der Waals surface area contributed by atoms with E-state index in [1.165, 1.54) is 0 Å². The molecule has 0 unspecified atom stereocenters. The SMILES string of the molecule is CCOCCCNC(=NCc1nnc(C)n1C)N(C)Cc1ccc2c(c1)OCO2.I. The minimum absolute atomic E-state index is 0. The van der Waals surface area contributed by atoms with Gasteiger partial charge in [-0.1, -0.05) is 6.07 Å². The highest BCUT2D eigenvalue weighted by Gasteiger charge is 2.15. The van der Waals surface area contributed by atoms with Gasteiger partial charge < -0.3 is 29.0 Å². The lowest BCUT2D eigenvalue weighted by molar-refractivity contribution is 0.145. The number of fused-ring (bicyclic) bond motifs is 1. The van der Waals surface area contributed by atoms with E-state index in [1.54, 1.807) is 0 Å². The van der Waals surface area contributed by atoms with Crippen molar-refractivity contribution in [2.45, 2.75) is 33.4 Å². The van der Waals surface area contributed by atoms with Crippen molar-refractivity contribution in [2.75, 3.05) is 33.6 Å². The highest BCUT2D eigenvalue weighted by molar-refractivity contribution is 14.0. The molecule has 166 valence electrons. The summed E-state index contributed by atoms with van der Waals surface area (Å²) < 4.78 is 18.3. The molecule has 1 aliphatic heterocycles. The standard InChI is InChI=1S/C20H30N6O3.HI/c1-5-27-10-6-9-21-20(22-12-19-24-23-15(2)26(19)4)25(3)13-16-7-8-17-18(11-16)29-14-28-17;/h7-8,11H,5-6,9-10,12-14H2,1-4H3,(H,21,22);1H. The van der Waals surface area contributed by atoms with Gasteiger partial charge in [0, 0.05) is 40.4 Å².